The third-order valence-electron chi connectivity index (χ3n) is 3.91. The van der Waals surface area contributed by atoms with Gasteiger partial charge in [-0.05, 0) is 47.2 Å². The smallest absolute Gasteiger partial charge is 0.178 e. The fraction of sp³-hybridized carbons (Fsp3) is 0.211. The molecule has 134 valence electrons. The van der Waals surface area contributed by atoms with Crippen LogP contribution < -0.4 is 10.1 Å². The van der Waals surface area contributed by atoms with Crippen molar-refractivity contribution in [3.05, 3.63) is 58.1 Å². The van der Waals surface area contributed by atoms with E-state index in [0.29, 0.717) is 6.54 Å². The summed E-state index contributed by atoms with van der Waals surface area (Å²) in [5.74, 6) is 0.719. The van der Waals surface area contributed by atoms with E-state index in [2.05, 4.69) is 16.5 Å². The van der Waals surface area contributed by atoms with Gasteiger partial charge in [0.05, 0.1) is 0 Å². The molecule has 7 heteroatoms. The lowest BCUT2D eigenvalue weighted by atomic mass is 10.1. The number of nitrogens with zero attached hydrogens (tertiary/aromatic N) is 1. The highest BCUT2D eigenvalue weighted by molar-refractivity contribution is 7.17. The number of hydrogen-bond acceptors (Lipinski definition) is 7. The number of aliphatic hydroxyl groups excluding tert-OH is 1. The number of ether oxygens (including phenoxy) is 1. The van der Waals surface area contributed by atoms with Crippen LogP contribution in [0.4, 0.5) is 0 Å². The average molecular weight is 386 g/mol. The van der Waals surface area contributed by atoms with Gasteiger partial charge in [0.25, 0.3) is 0 Å². The number of nitrogens with one attached hydrogen (secondary N) is 1. The predicted molar refractivity (Wildman–Crippen MR) is 105 cm³/mol. The first-order valence-electron chi connectivity index (χ1n) is 8.27. The van der Waals surface area contributed by atoms with E-state index >= 15 is 0 Å². The van der Waals surface area contributed by atoms with Gasteiger partial charge in [0, 0.05) is 23.5 Å². The normalized spacial score (nSPS) is 12.5. The standard InChI is InChI=1S/C19H18N2O3S2/c22-14(10-20-11-16-2-1-8-25-16)12-23-15-5-3-13(4-6-15)18-19-17(24-21-18)7-9-26-19/h1-9,14,20,22H,10-12H2. The minimum atomic E-state index is -0.559. The van der Waals surface area contributed by atoms with Crippen LogP contribution in [0.3, 0.4) is 0 Å². The van der Waals surface area contributed by atoms with Crippen molar-refractivity contribution < 1.29 is 14.4 Å². The number of benzene rings is 1. The van der Waals surface area contributed by atoms with Crippen LogP contribution in [-0.4, -0.2) is 29.5 Å². The summed E-state index contributed by atoms with van der Waals surface area (Å²) in [7, 11) is 0. The fourth-order valence-corrected chi connectivity index (χ4v) is 4.09. The van der Waals surface area contributed by atoms with Gasteiger partial charge in [-0.25, -0.2) is 0 Å². The molecule has 0 spiro atoms. The second kappa shape index (κ2) is 8.01. The van der Waals surface area contributed by atoms with Crippen LogP contribution in [-0.2, 0) is 6.54 Å². The molecule has 2 N–H and O–H groups in total. The van der Waals surface area contributed by atoms with Crippen LogP contribution in [0.2, 0.25) is 0 Å². The summed E-state index contributed by atoms with van der Waals surface area (Å²) in [6, 6.07) is 13.7. The number of aromatic nitrogens is 1. The van der Waals surface area contributed by atoms with Gasteiger partial charge in [-0.3, -0.25) is 0 Å². The zero-order chi connectivity index (χ0) is 17.8. The Kier molecular flexibility index (Phi) is 5.31. The number of aliphatic hydroxyl groups is 1. The lowest BCUT2D eigenvalue weighted by molar-refractivity contribution is 0.106. The van der Waals surface area contributed by atoms with E-state index in [1.807, 2.05) is 47.2 Å². The molecule has 26 heavy (non-hydrogen) atoms. The van der Waals surface area contributed by atoms with Crippen LogP contribution in [0.15, 0.2) is 57.7 Å². The van der Waals surface area contributed by atoms with Gasteiger partial charge in [-0.15, -0.1) is 22.7 Å². The molecule has 5 nitrogen and oxygen atoms in total. The van der Waals surface area contributed by atoms with Crippen molar-refractivity contribution in [1.82, 2.24) is 10.5 Å². The molecule has 1 atom stereocenters. The predicted octanol–water partition coefficient (Wildman–Crippen LogP) is 4.15. The Bertz CT molecular complexity index is 945. The summed E-state index contributed by atoms with van der Waals surface area (Å²) in [6.07, 6.45) is -0.559. The van der Waals surface area contributed by atoms with Crippen LogP contribution in [0, 0.1) is 0 Å². The van der Waals surface area contributed by atoms with Crippen LogP contribution in [0.5, 0.6) is 5.75 Å². The maximum atomic E-state index is 10.0. The minimum Gasteiger partial charge on any atom is -0.491 e. The van der Waals surface area contributed by atoms with Crippen molar-refractivity contribution in [2.24, 2.45) is 0 Å². The zero-order valence-electron chi connectivity index (χ0n) is 13.9. The molecular formula is C19H18N2O3S2. The van der Waals surface area contributed by atoms with Gasteiger partial charge in [-0.2, -0.15) is 0 Å². The highest BCUT2D eigenvalue weighted by atomic mass is 32.1. The Balaban J connectivity index is 1.28. The summed E-state index contributed by atoms with van der Waals surface area (Å²) in [6.45, 7) is 1.50. The molecule has 0 aliphatic rings. The average Bonchev–Trinajstić information content (AvgIpc) is 3.39. The molecule has 0 fully saturated rings. The summed E-state index contributed by atoms with van der Waals surface area (Å²) >= 11 is 3.31. The summed E-state index contributed by atoms with van der Waals surface area (Å²) < 4.78 is 12.0. The topological polar surface area (TPSA) is 67.5 Å². The largest absolute Gasteiger partial charge is 0.491 e. The summed E-state index contributed by atoms with van der Waals surface area (Å²) in [5.41, 5.74) is 2.64. The van der Waals surface area contributed by atoms with Crippen LogP contribution in [0.25, 0.3) is 21.5 Å². The Morgan fingerprint density at radius 2 is 2.00 bits per heavy atom. The lowest BCUT2D eigenvalue weighted by Crippen LogP contribution is -2.30. The van der Waals surface area contributed by atoms with E-state index in [1.165, 1.54) is 4.88 Å². The monoisotopic (exact) mass is 386 g/mol. The molecule has 0 bridgehead atoms. The first-order chi connectivity index (χ1) is 12.8. The molecule has 4 aromatic rings. The van der Waals surface area contributed by atoms with Crippen LogP contribution in [0.1, 0.15) is 4.88 Å². The minimum absolute atomic E-state index is 0.246. The Hall–Kier alpha value is -2.19. The van der Waals surface area contributed by atoms with Gasteiger partial charge in [0.15, 0.2) is 5.58 Å². The van der Waals surface area contributed by atoms with Gasteiger partial charge < -0.3 is 19.7 Å². The van der Waals surface area contributed by atoms with E-state index in [9.17, 15) is 5.11 Å². The molecule has 0 saturated carbocycles. The van der Waals surface area contributed by atoms with Crippen molar-refractivity contribution in [3.63, 3.8) is 0 Å². The molecule has 0 aliphatic heterocycles. The molecule has 0 amide bonds. The van der Waals surface area contributed by atoms with Gasteiger partial charge in [0.1, 0.15) is 28.9 Å². The van der Waals surface area contributed by atoms with Crippen molar-refractivity contribution >= 4 is 33.0 Å². The zero-order valence-corrected chi connectivity index (χ0v) is 15.6. The fourth-order valence-electron chi connectivity index (χ4n) is 2.60. The van der Waals surface area contributed by atoms with E-state index < -0.39 is 6.10 Å². The Morgan fingerprint density at radius 3 is 2.81 bits per heavy atom. The van der Waals surface area contributed by atoms with E-state index in [-0.39, 0.29) is 6.61 Å². The van der Waals surface area contributed by atoms with E-state index in [0.717, 1.165) is 33.8 Å². The molecule has 4 rings (SSSR count). The lowest BCUT2D eigenvalue weighted by Gasteiger charge is -2.13. The van der Waals surface area contributed by atoms with Gasteiger partial charge in [-0.1, -0.05) is 11.2 Å². The van der Waals surface area contributed by atoms with Crippen molar-refractivity contribution in [2.75, 3.05) is 13.2 Å². The van der Waals surface area contributed by atoms with Gasteiger partial charge >= 0.3 is 0 Å². The van der Waals surface area contributed by atoms with E-state index in [4.69, 9.17) is 9.26 Å². The van der Waals surface area contributed by atoms with E-state index in [1.54, 1.807) is 22.7 Å². The number of fused-ring (bicyclic) bond motifs is 1. The second-order valence-corrected chi connectivity index (χ2v) is 7.79. The van der Waals surface area contributed by atoms with Crippen molar-refractivity contribution in [3.8, 4) is 17.0 Å². The molecule has 1 unspecified atom stereocenters. The molecule has 0 saturated heterocycles. The first kappa shape index (κ1) is 17.2. The second-order valence-electron chi connectivity index (χ2n) is 5.84. The summed E-state index contributed by atoms with van der Waals surface area (Å²) in [5, 5.41) is 21.4. The number of hydrogen-bond donors (Lipinski definition) is 2. The third kappa shape index (κ3) is 3.96. The summed E-state index contributed by atoms with van der Waals surface area (Å²) in [4.78, 5) is 1.25. The molecule has 3 aromatic heterocycles. The molecule has 1 aromatic carbocycles. The van der Waals surface area contributed by atoms with Crippen LogP contribution >= 0.6 is 22.7 Å². The Labute approximate surface area is 158 Å². The maximum Gasteiger partial charge on any atom is 0.178 e. The Morgan fingerprint density at radius 1 is 1.12 bits per heavy atom. The molecule has 3 heterocycles. The highest BCUT2D eigenvalue weighted by Gasteiger charge is 2.12. The van der Waals surface area contributed by atoms with Gasteiger partial charge in [0.2, 0.25) is 0 Å². The molecular weight excluding hydrogens is 368 g/mol. The third-order valence-corrected chi connectivity index (χ3v) is 5.69. The quantitative estimate of drug-likeness (QED) is 0.476. The highest BCUT2D eigenvalue weighted by Crippen LogP contribution is 2.32. The van der Waals surface area contributed by atoms with Crippen molar-refractivity contribution in [2.45, 2.75) is 12.6 Å². The SMILES string of the molecule is OC(CNCc1cccs1)COc1ccc(-c2noc3ccsc23)cc1. The number of rotatable bonds is 8. The van der Waals surface area contributed by atoms with Crippen molar-refractivity contribution in [1.29, 1.82) is 0 Å². The molecule has 0 radical (unpaired) electrons. The number of thiophene rings is 2. The maximum absolute atomic E-state index is 10.0. The molecule has 0 aliphatic carbocycles. The first-order valence-corrected chi connectivity index (χ1v) is 10.0.